The Hall–Kier alpha value is -2.33. The van der Waals surface area contributed by atoms with Crippen LogP contribution in [0.3, 0.4) is 0 Å². The lowest BCUT2D eigenvalue weighted by atomic mass is 9.94. The van der Waals surface area contributed by atoms with Crippen molar-refractivity contribution in [3.63, 3.8) is 0 Å². The Labute approximate surface area is 153 Å². The van der Waals surface area contributed by atoms with Crippen LogP contribution >= 0.6 is 11.6 Å². The van der Waals surface area contributed by atoms with Gasteiger partial charge in [-0.15, -0.1) is 0 Å². The topological polar surface area (TPSA) is 59.2 Å². The molecule has 4 nitrogen and oxygen atoms in total. The van der Waals surface area contributed by atoms with Crippen molar-refractivity contribution in [2.45, 2.75) is 19.8 Å². The summed E-state index contributed by atoms with van der Waals surface area (Å²) in [6.07, 6.45) is 7.80. The predicted molar refractivity (Wildman–Crippen MR) is 102 cm³/mol. The Morgan fingerprint density at radius 1 is 1.28 bits per heavy atom. The summed E-state index contributed by atoms with van der Waals surface area (Å²) in [6, 6.07) is 9.41. The minimum atomic E-state index is -0.0324. The summed E-state index contributed by atoms with van der Waals surface area (Å²) in [5, 5.41) is 0.774. The number of hydrogen-bond acceptors (Lipinski definition) is 3. The Morgan fingerprint density at radius 2 is 2.04 bits per heavy atom. The molecule has 0 saturated carbocycles. The molecular weight excluding hydrogens is 334 g/mol. The van der Waals surface area contributed by atoms with Gasteiger partial charge in [0.1, 0.15) is 5.82 Å². The number of nitrogens with two attached hydrogens (primary N) is 1. The molecule has 0 radical (unpaired) electrons. The van der Waals surface area contributed by atoms with Crippen molar-refractivity contribution < 1.29 is 4.79 Å². The number of aryl methyl sites for hydroxylation is 1. The normalized spacial score (nSPS) is 15.7. The fourth-order valence-electron chi connectivity index (χ4n) is 3.15. The summed E-state index contributed by atoms with van der Waals surface area (Å²) in [5.74, 6) is 0.713. The molecule has 0 unspecified atom stereocenters. The minimum Gasteiger partial charge on any atom is -0.383 e. The van der Waals surface area contributed by atoms with Crippen LogP contribution in [0.2, 0.25) is 5.02 Å². The van der Waals surface area contributed by atoms with Crippen LogP contribution in [-0.2, 0) is 0 Å². The molecule has 0 spiro atoms. The molecule has 1 aromatic heterocycles. The van der Waals surface area contributed by atoms with Gasteiger partial charge in [-0.25, -0.2) is 4.98 Å². The number of allylic oxidation sites excluding steroid dienone is 1. The van der Waals surface area contributed by atoms with Crippen LogP contribution in [0.1, 0.15) is 34.3 Å². The molecule has 0 bridgehead atoms. The molecule has 1 fully saturated rings. The number of pyridine rings is 1. The number of rotatable bonds is 3. The van der Waals surface area contributed by atoms with Crippen molar-refractivity contribution in [3.05, 3.63) is 64.3 Å². The third kappa shape index (κ3) is 4.02. The molecule has 1 saturated heterocycles. The first-order valence-electron chi connectivity index (χ1n) is 8.49. The van der Waals surface area contributed by atoms with E-state index >= 15 is 0 Å². The van der Waals surface area contributed by atoms with E-state index in [2.05, 4.69) is 30.1 Å². The highest BCUT2D eigenvalue weighted by Gasteiger charge is 2.23. The number of anilines is 1. The average molecular weight is 356 g/mol. The zero-order valence-electron chi connectivity index (χ0n) is 14.3. The number of aromatic nitrogens is 1. The number of halogens is 1. The molecule has 5 heteroatoms. The number of hydrogen-bond donors (Lipinski definition) is 1. The van der Waals surface area contributed by atoms with Crippen molar-refractivity contribution in [2.24, 2.45) is 5.92 Å². The van der Waals surface area contributed by atoms with Gasteiger partial charge in [0.05, 0.1) is 5.56 Å². The van der Waals surface area contributed by atoms with E-state index in [4.69, 9.17) is 17.3 Å². The maximum atomic E-state index is 12.6. The standard InChI is InChI=1S/C20H22ClN3O/c1-14-4-2-6-18(21)16(14)8-7-15-9-12-24(13-10-15)20(25)17-5-3-11-23-19(17)22/h2-8,11,15H,9-10,12-13H2,1H3,(H2,22,23)/b8-7+. The molecule has 0 atom stereocenters. The molecule has 25 heavy (non-hydrogen) atoms. The average Bonchev–Trinajstić information content (AvgIpc) is 2.62. The second kappa shape index (κ2) is 7.70. The highest BCUT2D eigenvalue weighted by molar-refractivity contribution is 6.32. The number of benzene rings is 1. The van der Waals surface area contributed by atoms with Crippen LogP contribution in [0.5, 0.6) is 0 Å². The van der Waals surface area contributed by atoms with Gasteiger partial charge in [-0.3, -0.25) is 4.79 Å². The number of nitrogen functional groups attached to an aromatic ring is 1. The van der Waals surface area contributed by atoms with Gasteiger partial charge in [0.15, 0.2) is 0 Å². The van der Waals surface area contributed by atoms with Gasteiger partial charge in [0.2, 0.25) is 0 Å². The second-order valence-corrected chi connectivity index (χ2v) is 6.80. The quantitative estimate of drug-likeness (QED) is 0.897. The van der Waals surface area contributed by atoms with Crippen LogP contribution in [0.15, 0.2) is 42.6 Å². The summed E-state index contributed by atoms with van der Waals surface area (Å²) < 4.78 is 0. The fourth-order valence-corrected chi connectivity index (χ4v) is 3.44. The SMILES string of the molecule is Cc1cccc(Cl)c1/C=C/C1CCN(C(=O)c2cccnc2N)CC1. The molecule has 0 aliphatic carbocycles. The number of piperidine rings is 1. The molecule has 2 heterocycles. The van der Waals surface area contributed by atoms with Gasteiger partial charge >= 0.3 is 0 Å². The molecule has 3 rings (SSSR count). The lowest BCUT2D eigenvalue weighted by molar-refractivity contribution is 0.0706. The van der Waals surface area contributed by atoms with E-state index < -0.39 is 0 Å². The second-order valence-electron chi connectivity index (χ2n) is 6.40. The van der Waals surface area contributed by atoms with E-state index in [1.54, 1.807) is 18.3 Å². The number of amides is 1. The van der Waals surface area contributed by atoms with Crippen molar-refractivity contribution in [1.82, 2.24) is 9.88 Å². The summed E-state index contributed by atoms with van der Waals surface area (Å²) >= 11 is 6.27. The zero-order valence-corrected chi connectivity index (χ0v) is 15.0. The third-order valence-electron chi connectivity index (χ3n) is 4.70. The van der Waals surface area contributed by atoms with E-state index in [9.17, 15) is 4.79 Å². The van der Waals surface area contributed by atoms with Crippen LogP contribution in [-0.4, -0.2) is 28.9 Å². The maximum Gasteiger partial charge on any atom is 0.257 e. The van der Waals surface area contributed by atoms with E-state index in [1.807, 2.05) is 17.0 Å². The Balaban J connectivity index is 1.62. The Morgan fingerprint density at radius 3 is 2.72 bits per heavy atom. The first-order chi connectivity index (χ1) is 12.1. The lowest BCUT2D eigenvalue weighted by Crippen LogP contribution is -2.38. The van der Waals surface area contributed by atoms with Crippen LogP contribution in [0.25, 0.3) is 6.08 Å². The Bertz CT molecular complexity index is 775. The molecule has 1 aromatic carbocycles. The number of nitrogens with zero attached hydrogens (tertiary/aromatic N) is 2. The summed E-state index contributed by atoms with van der Waals surface area (Å²) in [7, 11) is 0. The Kier molecular flexibility index (Phi) is 5.39. The molecular formula is C20H22ClN3O. The van der Waals surface area contributed by atoms with Gasteiger partial charge in [-0.1, -0.05) is 35.9 Å². The van der Waals surface area contributed by atoms with E-state index in [1.165, 1.54) is 5.56 Å². The third-order valence-corrected chi connectivity index (χ3v) is 5.03. The van der Waals surface area contributed by atoms with Crippen molar-refractivity contribution in [1.29, 1.82) is 0 Å². The monoisotopic (exact) mass is 355 g/mol. The fraction of sp³-hybridized carbons (Fsp3) is 0.300. The maximum absolute atomic E-state index is 12.6. The van der Waals surface area contributed by atoms with Gasteiger partial charge in [-0.2, -0.15) is 0 Å². The molecule has 1 amide bonds. The van der Waals surface area contributed by atoms with E-state index in [0.29, 0.717) is 17.3 Å². The molecule has 130 valence electrons. The molecule has 2 aromatic rings. The summed E-state index contributed by atoms with van der Waals surface area (Å²) in [5.41, 5.74) is 8.55. The number of likely N-dealkylation sites (tertiary alicyclic amines) is 1. The van der Waals surface area contributed by atoms with Gasteiger partial charge in [0, 0.05) is 24.3 Å². The van der Waals surface area contributed by atoms with E-state index in [0.717, 1.165) is 36.5 Å². The minimum absolute atomic E-state index is 0.0324. The first kappa shape index (κ1) is 17.5. The van der Waals surface area contributed by atoms with Crippen molar-refractivity contribution in [2.75, 3.05) is 18.8 Å². The molecule has 2 N–H and O–H groups in total. The van der Waals surface area contributed by atoms with Crippen molar-refractivity contribution in [3.8, 4) is 0 Å². The number of carbonyl (C=O) groups excluding carboxylic acids is 1. The van der Waals surface area contributed by atoms with E-state index in [-0.39, 0.29) is 5.91 Å². The van der Waals surface area contributed by atoms with Crippen LogP contribution in [0.4, 0.5) is 5.82 Å². The number of carbonyl (C=O) groups is 1. The van der Waals surface area contributed by atoms with Crippen LogP contribution < -0.4 is 5.73 Å². The van der Waals surface area contributed by atoms with Gasteiger partial charge < -0.3 is 10.6 Å². The first-order valence-corrected chi connectivity index (χ1v) is 8.87. The van der Waals surface area contributed by atoms with Crippen molar-refractivity contribution >= 4 is 29.4 Å². The van der Waals surface area contributed by atoms with Gasteiger partial charge in [-0.05, 0) is 55.0 Å². The highest BCUT2D eigenvalue weighted by atomic mass is 35.5. The molecule has 1 aliphatic rings. The van der Waals surface area contributed by atoms with Crippen LogP contribution in [0, 0.1) is 12.8 Å². The highest BCUT2D eigenvalue weighted by Crippen LogP contribution is 2.25. The summed E-state index contributed by atoms with van der Waals surface area (Å²) in [4.78, 5) is 18.4. The summed E-state index contributed by atoms with van der Waals surface area (Å²) in [6.45, 7) is 3.51. The lowest BCUT2D eigenvalue weighted by Gasteiger charge is -2.31. The predicted octanol–water partition coefficient (Wildman–Crippen LogP) is 4.19. The smallest absolute Gasteiger partial charge is 0.257 e. The molecule has 1 aliphatic heterocycles. The van der Waals surface area contributed by atoms with Gasteiger partial charge in [0.25, 0.3) is 5.91 Å². The largest absolute Gasteiger partial charge is 0.383 e. The zero-order chi connectivity index (χ0) is 17.8.